The topological polar surface area (TPSA) is 38.9 Å². The first-order chi connectivity index (χ1) is 9.97. The highest BCUT2D eigenvalue weighted by Crippen LogP contribution is 2.38. The van der Waals surface area contributed by atoms with Crippen LogP contribution in [0.5, 0.6) is 0 Å². The van der Waals surface area contributed by atoms with Crippen LogP contribution in [0.25, 0.3) is 16.3 Å². The summed E-state index contributed by atoms with van der Waals surface area (Å²) in [6, 6.07) is 13.8. The van der Waals surface area contributed by atoms with Gasteiger partial charge in [-0.25, -0.2) is 0 Å². The molecule has 0 aliphatic rings. The lowest BCUT2D eigenvalue weighted by atomic mass is 9.99. The highest BCUT2D eigenvalue weighted by molar-refractivity contribution is 6.66. The van der Waals surface area contributed by atoms with Crippen LogP contribution in [-0.2, 0) is 3.79 Å². The molecule has 0 saturated heterocycles. The molecule has 0 fully saturated rings. The molecule has 106 valence electrons. The molecule has 0 aliphatic carbocycles. The highest BCUT2D eigenvalue weighted by Gasteiger charge is 2.30. The van der Waals surface area contributed by atoms with Crippen molar-refractivity contribution in [1.29, 1.82) is 0 Å². The monoisotopic (exact) mass is 338 g/mol. The van der Waals surface area contributed by atoms with Crippen molar-refractivity contribution >= 4 is 51.1 Å². The third kappa shape index (κ3) is 2.77. The molecule has 0 amide bonds. The van der Waals surface area contributed by atoms with E-state index < -0.39 is 3.79 Å². The van der Waals surface area contributed by atoms with Crippen LogP contribution >= 0.6 is 34.8 Å². The van der Waals surface area contributed by atoms with E-state index in [2.05, 4.69) is 16.8 Å². The van der Waals surface area contributed by atoms with E-state index in [9.17, 15) is 0 Å². The van der Waals surface area contributed by atoms with Gasteiger partial charge in [0.2, 0.25) is 5.89 Å². The maximum absolute atomic E-state index is 5.72. The van der Waals surface area contributed by atoms with E-state index in [1.165, 1.54) is 0 Å². The van der Waals surface area contributed by atoms with Gasteiger partial charge in [0.15, 0.2) is 0 Å². The largest absolute Gasteiger partial charge is 0.416 e. The molecule has 0 saturated carbocycles. The first kappa shape index (κ1) is 14.4. The maximum Gasteiger partial charge on any atom is 0.268 e. The number of fused-ring (bicyclic) bond motifs is 1. The molecule has 0 atom stereocenters. The fraction of sp³-hybridized carbons (Fsp3) is 0.0667. The van der Waals surface area contributed by atoms with Crippen molar-refractivity contribution in [3.05, 3.63) is 66.4 Å². The zero-order valence-electron chi connectivity index (χ0n) is 10.7. The molecule has 3 aromatic rings. The van der Waals surface area contributed by atoms with Gasteiger partial charge in [0, 0.05) is 5.57 Å². The van der Waals surface area contributed by atoms with Crippen molar-refractivity contribution in [2.75, 3.05) is 0 Å². The fourth-order valence-electron chi connectivity index (χ4n) is 2.06. The summed E-state index contributed by atoms with van der Waals surface area (Å²) in [5, 5.41) is 9.77. The summed E-state index contributed by atoms with van der Waals surface area (Å²) in [5.41, 5.74) is 1.48. The molecular weight excluding hydrogens is 331 g/mol. The minimum atomic E-state index is -1.75. The van der Waals surface area contributed by atoms with E-state index >= 15 is 0 Å². The van der Waals surface area contributed by atoms with Gasteiger partial charge in [0.1, 0.15) is 0 Å². The molecule has 1 aromatic heterocycles. The molecule has 0 radical (unpaired) electrons. The molecule has 3 rings (SSSR count). The van der Waals surface area contributed by atoms with E-state index in [0.29, 0.717) is 5.57 Å². The normalized spacial score (nSPS) is 11.8. The Morgan fingerprint density at radius 2 is 1.71 bits per heavy atom. The third-order valence-electron chi connectivity index (χ3n) is 3.04. The molecule has 0 aliphatic heterocycles. The van der Waals surface area contributed by atoms with E-state index in [-0.39, 0.29) is 11.8 Å². The second kappa shape index (κ2) is 5.34. The molecular formula is C15H9Cl3N2O. The van der Waals surface area contributed by atoms with Gasteiger partial charge in [0.05, 0.1) is 0 Å². The Morgan fingerprint density at radius 1 is 1.00 bits per heavy atom. The van der Waals surface area contributed by atoms with Crippen LogP contribution in [0.2, 0.25) is 0 Å². The zero-order valence-corrected chi connectivity index (χ0v) is 13.0. The Labute approximate surface area is 136 Å². The number of alkyl halides is 3. The van der Waals surface area contributed by atoms with Crippen LogP contribution in [0.1, 0.15) is 17.3 Å². The fourth-order valence-corrected chi connectivity index (χ4v) is 2.29. The predicted octanol–water partition coefficient (Wildman–Crippen LogP) is 5.11. The van der Waals surface area contributed by atoms with Gasteiger partial charge in [-0.15, -0.1) is 10.2 Å². The number of hydrogen-bond acceptors (Lipinski definition) is 3. The van der Waals surface area contributed by atoms with Gasteiger partial charge >= 0.3 is 0 Å². The average molecular weight is 340 g/mol. The quantitative estimate of drug-likeness (QED) is 0.609. The van der Waals surface area contributed by atoms with Crippen molar-refractivity contribution in [1.82, 2.24) is 10.2 Å². The van der Waals surface area contributed by atoms with Crippen molar-refractivity contribution in [3.63, 3.8) is 0 Å². The van der Waals surface area contributed by atoms with Crippen molar-refractivity contribution in [2.24, 2.45) is 0 Å². The molecule has 0 unspecified atom stereocenters. The van der Waals surface area contributed by atoms with Crippen LogP contribution in [0, 0.1) is 0 Å². The minimum absolute atomic E-state index is 0.0797. The molecule has 0 N–H and O–H groups in total. The maximum atomic E-state index is 5.72. The summed E-state index contributed by atoms with van der Waals surface area (Å²) < 4.78 is 3.65. The molecule has 3 nitrogen and oxygen atoms in total. The second-order valence-corrected chi connectivity index (χ2v) is 6.70. The first-order valence-electron chi connectivity index (χ1n) is 6.05. The Hall–Kier alpha value is -1.55. The molecule has 6 heteroatoms. The SMILES string of the molecule is C=C(c1nnc(C(Cl)(Cl)Cl)o1)c1cccc2ccccc12. The second-order valence-electron chi connectivity index (χ2n) is 4.42. The number of hydrogen-bond donors (Lipinski definition) is 0. The third-order valence-corrected chi connectivity index (χ3v) is 3.53. The lowest BCUT2D eigenvalue weighted by Crippen LogP contribution is -1.99. The summed E-state index contributed by atoms with van der Waals surface area (Å²) in [5.74, 6) is 0.150. The number of halogens is 3. The highest BCUT2D eigenvalue weighted by atomic mass is 35.6. The molecule has 0 spiro atoms. The van der Waals surface area contributed by atoms with Gasteiger partial charge in [0.25, 0.3) is 9.68 Å². The van der Waals surface area contributed by atoms with Gasteiger partial charge in [-0.1, -0.05) is 83.8 Å². The average Bonchev–Trinajstić information content (AvgIpc) is 2.96. The molecule has 0 bridgehead atoms. The van der Waals surface area contributed by atoms with Crippen molar-refractivity contribution < 1.29 is 4.42 Å². The number of nitrogens with zero attached hydrogens (tertiary/aromatic N) is 2. The predicted molar refractivity (Wildman–Crippen MR) is 85.6 cm³/mol. The van der Waals surface area contributed by atoms with Crippen molar-refractivity contribution in [2.45, 2.75) is 3.79 Å². The van der Waals surface area contributed by atoms with E-state index in [1.807, 2.05) is 42.5 Å². The lowest BCUT2D eigenvalue weighted by molar-refractivity contribution is 0.490. The Morgan fingerprint density at radius 3 is 2.43 bits per heavy atom. The molecule has 2 aromatic carbocycles. The van der Waals surface area contributed by atoms with Crippen LogP contribution in [0.3, 0.4) is 0 Å². The smallest absolute Gasteiger partial charge is 0.268 e. The summed E-state index contributed by atoms with van der Waals surface area (Å²) in [6.45, 7) is 4.02. The van der Waals surface area contributed by atoms with E-state index in [0.717, 1.165) is 16.3 Å². The van der Waals surface area contributed by atoms with Gasteiger partial charge in [-0.3, -0.25) is 0 Å². The van der Waals surface area contributed by atoms with Crippen LogP contribution in [-0.4, -0.2) is 10.2 Å². The van der Waals surface area contributed by atoms with E-state index in [1.54, 1.807) is 0 Å². The summed E-state index contributed by atoms with van der Waals surface area (Å²) in [7, 11) is 0. The Bertz CT molecular complexity index is 816. The minimum Gasteiger partial charge on any atom is -0.416 e. The molecule has 1 heterocycles. The van der Waals surface area contributed by atoms with Gasteiger partial charge < -0.3 is 4.42 Å². The Kier molecular flexibility index (Phi) is 3.66. The van der Waals surface area contributed by atoms with Crippen LogP contribution in [0.4, 0.5) is 0 Å². The van der Waals surface area contributed by atoms with Gasteiger partial charge in [-0.05, 0) is 16.3 Å². The summed E-state index contributed by atoms with van der Waals surface area (Å²) in [6.07, 6.45) is 0. The number of aromatic nitrogens is 2. The first-order valence-corrected chi connectivity index (χ1v) is 7.18. The zero-order chi connectivity index (χ0) is 15.0. The lowest BCUT2D eigenvalue weighted by Gasteiger charge is -2.07. The number of rotatable bonds is 2. The summed E-state index contributed by atoms with van der Waals surface area (Å²) in [4.78, 5) is 0. The molecule has 21 heavy (non-hydrogen) atoms. The van der Waals surface area contributed by atoms with E-state index in [4.69, 9.17) is 39.2 Å². The van der Waals surface area contributed by atoms with Crippen LogP contribution in [0.15, 0.2) is 53.5 Å². The Balaban J connectivity index is 2.07. The number of benzene rings is 2. The summed E-state index contributed by atoms with van der Waals surface area (Å²) >= 11 is 17.2. The van der Waals surface area contributed by atoms with Crippen LogP contribution < -0.4 is 0 Å². The van der Waals surface area contributed by atoms with Gasteiger partial charge in [-0.2, -0.15) is 0 Å². The van der Waals surface area contributed by atoms with Crippen molar-refractivity contribution in [3.8, 4) is 0 Å². The standard InChI is InChI=1S/C15H9Cl3N2O/c1-9(13-19-20-14(21-13)15(16,17)18)11-8-4-6-10-5-2-3-7-12(10)11/h2-8H,1H2.